The lowest BCUT2D eigenvalue weighted by Crippen LogP contribution is -2.55. The summed E-state index contributed by atoms with van der Waals surface area (Å²) < 4.78 is 69.5. The zero-order valence-electron chi connectivity index (χ0n) is 23.3. The van der Waals surface area contributed by atoms with Gasteiger partial charge in [0, 0.05) is 0 Å². The van der Waals surface area contributed by atoms with Crippen molar-refractivity contribution in [2.24, 2.45) is 52.3 Å². The Labute approximate surface area is 219 Å². The highest BCUT2D eigenvalue weighted by Crippen LogP contribution is 2.68. The maximum Gasteiger partial charge on any atom is 0.465 e. The van der Waals surface area contributed by atoms with Crippen molar-refractivity contribution in [3.63, 3.8) is 0 Å². The second kappa shape index (κ2) is 10.3. The first-order chi connectivity index (χ1) is 17.1. The third-order valence-electron chi connectivity index (χ3n) is 11.7. The van der Waals surface area contributed by atoms with Crippen molar-refractivity contribution in [3.8, 4) is 0 Å². The molecule has 0 aromatic rings. The van der Waals surface area contributed by atoms with Gasteiger partial charge in [0.2, 0.25) is 0 Å². The topological polar surface area (TPSA) is 26.3 Å². The maximum atomic E-state index is 13.5. The van der Waals surface area contributed by atoms with Gasteiger partial charge < -0.3 is 4.74 Å². The molecule has 7 heteroatoms. The number of fused-ring (bicyclic) bond motifs is 5. The smallest absolute Gasteiger partial charge is 0.458 e. The van der Waals surface area contributed by atoms with Gasteiger partial charge in [-0.1, -0.05) is 53.9 Å². The van der Waals surface area contributed by atoms with E-state index >= 15 is 0 Å². The molecule has 0 aromatic heterocycles. The van der Waals surface area contributed by atoms with Crippen LogP contribution in [0.25, 0.3) is 0 Å². The fourth-order valence-corrected chi connectivity index (χ4v) is 9.69. The average Bonchev–Trinajstić information content (AvgIpc) is 3.15. The van der Waals surface area contributed by atoms with E-state index < -0.39 is 24.2 Å². The van der Waals surface area contributed by atoms with E-state index in [2.05, 4.69) is 34.6 Å². The molecule has 0 heterocycles. The van der Waals surface area contributed by atoms with E-state index in [1.54, 1.807) is 0 Å². The quantitative estimate of drug-likeness (QED) is 0.240. The Morgan fingerprint density at radius 1 is 0.865 bits per heavy atom. The number of ether oxygens (including phenoxy) is 1. The maximum absolute atomic E-state index is 13.5. The summed E-state index contributed by atoms with van der Waals surface area (Å²) in [5.41, 5.74) is 0.429. The van der Waals surface area contributed by atoms with Crippen LogP contribution in [-0.2, 0) is 9.53 Å². The lowest BCUT2D eigenvalue weighted by Gasteiger charge is -2.61. The Morgan fingerprint density at radius 2 is 1.51 bits per heavy atom. The fraction of sp³-hybridized carbons (Fsp3) is 0.967. The van der Waals surface area contributed by atoms with E-state index in [1.165, 1.54) is 44.9 Å². The van der Waals surface area contributed by atoms with Gasteiger partial charge in [-0.25, -0.2) is 4.79 Å². The lowest BCUT2D eigenvalue weighted by molar-refractivity contribution is -0.283. The van der Waals surface area contributed by atoms with E-state index in [1.807, 2.05) is 0 Å². The second-order valence-electron chi connectivity index (χ2n) is 14.1. The lowest BCUT2D eigenvalue weighted by atomic mass is 9.44. The summed E-state index contributed by atoms with van der Waals surface area (Å²) >= 11 is 0. The molecule has 0 bridgehead atoms. The molecule has 37 heavy (non-hydrogen) atoms. The molecular weight excluding hydrogens is 487 g/mol. The highest BCUT2D eigenvalue weighted by atomic mass is 19.4. The SMILES string of the molecule is CC(C)CCC[C@@H](C)[C@H]1CC[C@H]2[C@@H]3CC[C@H]4C[C@@H](OC(=O)C(F)(F)C(F)(F)F)CC[C@]4(C)[C@H]3CC[C@]12C. The van der Waals surface area contributed by atoms with Crippen LogP contribution in [0.1, 0.15) is 112 Å². The molecule has 0 spiro atoms. The summed E-state index contributed by atoms with van der Waals surface area (Å²) in [6.45, 7) is 11.9. The number of hydrogen-bond donors (Lipinski definition) is 0. The third-order valence-corrected chi connectivity index (χ3v) is 11.7. The van der Waals surface area contributed by atoms with Crippen LogP contribution in [-0.4, -0.2) is 24.2 Å². The van der Waals surface area contributed by atoms with E-state index in [0.29, 0.717) is 30.1 Å². The summed E-state index contributed by atoms with van der Waals surface area (Å²) in [5.74, 6) is -3.46. The number of rotatable bonds is 7. The minimum absolute atomic E-state index is 0.0423. The zero-order valence-corrected chi connectivity index (χ0v) is 23.3. The summed E-state index contributed by atoms with van der Waals surface area (Å²) in [4.78, 5) is 11.7. The van der Waals surface area contributed by atoms with Crippen LogP contribution in [0.4, 0.5) is 22.0 Å². The second-order valence-corrected chi connectivity index (χ2v) is 14.1. The van der Waals surface area contributed by atoms with Crippen molar-refractivity contribution in [2.45, 2.75) is 130 Å². The number of alkyl halides is 5. The highest BCUT2D eigenvalue weighted by molar-refractivity contribution is 5.78. The molecule has 4 saturated carbocycles. The first-order valence-corrected chi connectivity index (χ1v) is 14.8. The highest BCUT2D eigenvalue weighted by Gasteiger charge is 2.66. The van der Waals surface area contributed by atoms with Crippen LogP contribution in [0, 0.1) is 52.3 Å². The molecule has 0 amide bonds. The predicted molar refractivity (Wildman–Crippen MR) is 134 cm³/mol. The van der Waals surface area contributed by atoms with Gasteiger partial charge in [0.1, 0.15) is 6.10 Å². The number of carbonyl (C=O) groups excluding carboxylic acids is 1. The van der Waals surface area contributed by atoms with E-state index in [4.69, 9.17) is 4.74 Å². The van der Waals surface area contributed by atoms with Gasteiger partial charge in [0.05, 0.1) is 0 Å². The van der Waals surface area contributed by atoms with Gasteiger partial charge in [-0.3, -0.25) is 0 Å². The molecular formula is C30H47F5O2. The number of esters is 1. The third kappa shape index (κ3) is 5.19. The first kappa shape index (κ1) is 29.1. The molecule has 0 radical (unpaired) electrons. The molecule has 4 aliphatic rings. The summed E-state index contributed by atoms with van der Waals surface area (Å²) in [6, 6.07) is 0. The zero-order chi connectivity index (χ0) is 27.4. The van der Waals surface area contributed by atoms with Crippen molar-refractivity contribution < 1.29 is 31.5 Å². The van der Waals surface area contributed by atoms with Crippen molar-refractivity contribution in [3.05, 3.63) is 0 Å². The molecule has 9 atom stereocenters. The van der Waals surface area contributed by atoms with Crippen LogP contribution >= 0.6 is 0 Å². The molecule has 4 rings (SSSR count). The van der Waals surface area contributed by atoms with Crippen molar-refractivity contribution >= 4 is 5.97 Å². The Morgan fingerprint density at radius 3 is 2.16 bits per heavy atom. The van der Waals surface area contributed by atoms with Crippen LogP contribution in [0.5, 0.6) is 0 Å². The molecule has 2 nitrogen and oxygen atoms in total. The Balaban J connectivity index is 1.40. The van der Waals surface area contributed by atoms with Crippen LogP contribution in [0.2, 0.25) is 0 Å². The summed E-state index contributed by atoms with van der Waals surface area (Å²) in [6.07, 6.45) is 5.70. The van der Waals surface area contributed by atoms with Crippen LogP contribution in [0.15, 0.2) is 0 Å². The van der Waals surface area contributed by atoms with Crippen molar-refractivity contribution in [2.75, 3.05) is 0 Å². The largest absolute Gasteiger partial charge is 0.465 e. The van der Waals surface area contributed by atoms with E-state index in [0.717, 1.165) is 42.9 Å². The van der Waals surface area contributed by atoms with Gasteiger partial charge in [-0.15, -0.1) is 0 Å². The molecule has 4 aliphatic carbocycles. The molecule has 0 aromatic carbocycles. The van der Waals surface area contributed by atoms with Gasteiger partial charge in [-0.2, -0.15) is 22.0 Å². The molecule has 0 aliphatic heterocycles. The Hall–Kier alpha value is -0.880. The number of halogens is 5. The normalized spacial score (nSPS) is 41.1. The van der Waals surface area contributed by atoms with Gasteiger partial charge in [0.15, 0.2) is 0 Å². The molecule has 0 saturated heterocycles. The molecule has 0 unspecified atom stereocenters. The van der Waals surface area contributed by atoms with Crippen molar-refractivity contribution in [1.82, 2.24) is 0 Å². The average molecular weight is 535 g/mol. The fourth-order valence-electron chi connectivity index (χ4n) is 9.69. The van der Waals surface area contributed by atoms with Gasteiger partial charge >= 0.3 is 18.1 Å². The van der Waals surface area contributed by atoms with Gasteiger partial charge in [0.25, 0.3) is 0 Å². The predicted octanol–water partition coefficient (Wildman–Crippen LogP) is 9.22. The van der Waals surface area contributed by atoms with Gasteiger partial charge in [-0.05, 0) is 110 Å². The minimum Gasteiger partial charge on any atom is -0.458 e. The van der Waals surface area contributed by atoms with Crippen LogP contribution < -0.4 is 0 Å². The van der Waals surface area contributed by atoms with Crippen molar-refractivity contribution in [1.29, 1.82) is 0 Å². The first-order valence-electron chi connectivity index (χ1n) is 14.8. The number of carbonyl (C=O) groups is 1. The minimum atomic E-state index is -5.93. The summed E-state index contributed by atoms with van der Waals surface area (Å²) in [7, 11) is 0. The molecule has 214 valence electrons. The standard InChI is InChI=1S/C30H47F5O2/c1-18(2)7-6-8-19(3)23-11-12-24-22-10-9-20-17-21(37-26(36)29(31,32)30(33,34)35)13-15-27(20,4)25(22)14-16-28(23,24)5/h18-25H,6-17H2,1-5H3/t19-,20+,21+,22+,23-,24+,25+,27+,28-/m1/s1. The van der Waals surface area contributed by atoms with Crippen LogP contribution in [0.3, 0.4) is 0 Å². The van der Waals surface area contributed by atoms with E-state index in [9.17, 15) is 26.7 Å². The Bertz CT molecular complexity index is 825. The van der Waals surface area contributed by atoms with E-state index in [-0.39, 0.29) is 11.3 Å². The monoisotopic (exact) mass is 534 g/mol. The molecule has 4 fully saturated rings. The Kier molecular flexibility index (Phi) is 8.07. The molecule has 0 N–H and O–H groups in total. The number of hydrogen-bond acceptors (Lipinski definition) is 2. The summed E-state index contributed by atoms with van der Waals surface area (Å²) in [5, 5.41) is 0.